The van der Waals surface area contributed by atoms with Gasteiger partial charge in [0.05, 0.1) is 20.6 Å². The van der Waals surface area contributed by atoms with Crippen molar-refractivity contribution in [3.05, 3.63) is 68.5 Å². The van der Waals surface area contributed by atoms with Crippen molar-refractivity contribution in [1.29, 1.82) is 0 Å². The predicted octanol–water partition coefficient (Wildman–Crippen LogP) is 5.54. The summed E-state index contributed by atoms with van der Waals surface area (Å²) < 4.78 is 0. The van der Waals surface area contributed by atoms with Gasteiger partial charge in [0, 0.05) is 0 Å². The van der Waals surface area contributed by atoms with Crippen LogP contribution in [0.4, 0.5) is 10.5 Å². The molecule has 0 N–H and O–H groups in total. The van der Waals surface area contributed by atoms with E-state index in [9.17, 15) is 9.59 Å². The largest absolute Gasteiger partial charge is 0.298 e. The van der Waals surface area contributed by atoms with Gasteiger partial charge in [-0.15, -0.1) is 0 Å². The second kappa shape index (κ2) is 6.40. The minimum Gasteiger partial charge on any atom is -0.268 e. The Bertz CT molecular complexity index is 831. The number of halogens is 2. The fraction of sp³-hybridized carbons (Fsp3) is 0.0588. The van der Waals surface area contributed by atoms with Crippen LogP contribution < -0.4 is 4.90 Å². The molecule has 1 aliphatic rings. The van der Waals surface area contributed by atoms with E-state index < -0.39 is 0 Å². The maximum absolute atomic E-state index is 12.5. The lowest BCUT2D eigenvalue weighted by Crippen LogP contribution is -2.27. The molecule has 1 aliphatic heterocycles. The lowest BCUT2D eigenvalue weighted by molar-refractivity contribution is -0.113. The Morgan fingerprint density at radius 2 is 1.70 bits per heavy atom. The lowest BCUT2D eigenvalue weighted by atomic mass is 10.1. The van der Waals surface area contributed by atoms with Gasteiger partial charge in [-0.3, -0.25) is 9.59 Å². The quantitative estimate of drug-likeness (QED) is 0.657. The van der Waals surface area contributed by atoms with Crippen molar-refractivity contribution in [3.63, 3.8) is 0 Å². The normalized spacial score (nSPS) is 16.5. The first-order chi connectivity index (χ1) is 11.0. The van der Waals surface area contributed by atoms with Crippen molar-refractivity contribution < 1.29 is 9.59 Å². The van der Waals surface area contributed by atoms with Crippen LogP contribution >= 0.6 is 35.0 Å². The number of thioether (sulfide) groups is 1. The Hall–Kier alpha value is -1.75. The molecule has 0 aliphatic carbocycles. The summed E-state index contributed by atoms with van der Waals surface area (Å²) in [5.41, 5.74) is 2.41. The first-order valence-electron chi connectivity index (χ1n) is 6.75. The number of hydrogen-bond donors (Lipinski definition) is 0. The molecule has 2 aromatic carbocycles. The van der Waals surface area contributed by atoms with E-state index in [-0.39, 0.29) is 11.1 Å². The topological polar surface area (TPSA) is 37.4 Å². The molecule has 0 unspecified atom stereocenters. The molecule has 0 bridgehead atoms. The smallest absolute Gasteiger partial charge is 0.268 e. The van der Waals surface area contributed by atoms with E-state index in [4.69, 9.17) is 23.2 Å². The standard InChI is InChI=1S/C17H11Cl2NO2S/c1-10-2-4-11(5-3-10)8-15-16(21)20(17(22)23-15)12-6-7-13(18)14(19)9-12/h2-9H,1H3/b15-8-. The summed E-state index contributed by atoms with van der Waals surface area (Å²) in [6.07, 6.45) is 1.71. The minimum atomic E-state index is -0.362. The predicted molar refractivity (Wildman–Crippen MR) is 96.1 cm³/mol. The number of anilines is 1. The zero-order valence-electron chi connectivity index (χ0n) is 12.0. The number of amides is 2. The molecule has 0 radical (unpaired) electrons. The fourth-order valence-electron chi connectivity index (χ4n) is 2.13. The molecular formula is C17H11Cl2NO2S. The van der Waals surface area contributed by atoms with Gasteiger partial charge < -0.3 is 0 Å². The number of rotatable bonds is 2. The van der Waals surface area contributed by atoms with E-state index in [1.165, 1.54) is 6.07 Å². The summed E-state index contributed by atoms with van der Waals surface area (Å²) in [5, 5.41) is 0.315. The van der Waals surface area contributed by atoms with Crippen molar-refractivity contribution in [2.75, 3.05) is 4.90 Å². The third-order valence-electron chi connectivity index (χ3n) is 3.33. The van der Waals surface area contributed by atoms with Gasteiger partial charge in [0.1, 0.15) is 0 Å². The Kier molecular flexibility index (Phi) is 4.48. The van der Waals surface area contributed by atoms with Gasteiger partial charge in [0.2, 0.25) is 0 Å². The zero-order valence-corrected chi connectivity index (χ0v) is 14.4. The lowest BCUT2D eigenvalue weighted by Gasteiger charge is -2.13. The highest BCUT2D eigenvalue weighted by Crippen LogP contribution is 2.37. The Balaban J connectivity index is 1.93. The molecule has 3 rings (SSSR count). The van der Waals surface area contributed by atoms with Crippen molar-refractivity contribution in [1.82, 2.24) is 0 Å². The van der Waals surface area contributed by atoms with Gasteiger partial charge in [0.15, 0.2) is 0 Å². The number of benzene rings is 2. The van der Waals surface area contributed by atoms with Crippen LogP contribution in [0.25, 0.3) is 6.08 Å². The van der Waals surface area contributed by atoms with Crippen molar-refractivity contribution in [2.45, 2.75) is 6.92 Å². The van der Waals surface area contributed by atoms with Crippen molar-refractivity contribution in [3.8, 4) is 0 Å². The van der Waals surface area contributed by atoms with Crippen LogP contribution in [0.15, 0.2) is 47.4 Å². The average Bonchev–Trinajstić information content (AvgIpc) is 2.79. The third kappa shape index (κ3) is 3.29. The van der Waals surface area contributed by atoms with E-state index in [0.29, 0.717) is 20.6 Å². The monoisotopic (exact) mass is 363 g/mol. The highest BCUT2D eigenvalue weighted by Gasteiger charge is 2.36. The Morgan fingerprint density at radius 3 is 2.35 bits per heavy atom. The molecule has 0 saturated carbocycles. The van der Waals surface area contributed by atoms with Gasteiger partial charge in [-0.2, -0.15) is 0 Å². The van der Waals surface area contributed by atoms with Crippen molar-refractivity contribution in [2.24, 2.45) is 0 Å². The summed E-state index contributed by atoms with van der Waals surface area (Å²) in [4.78, 5) is 26.2. The van der Waals surface area contributed by atoms with E-state index in [1.807, 2.05) is 31.2 Å². The number of hydrogen-bond acceptors (Lipinski definition) is 3. The van der Waals surface area contributed by atoms with Crippen molar-refractivity contribution >= 4 is 57.9 Å². The molecule has 0 aromatic heterocycles. The van der Waals surface area contributed by atoms with Crippen LogP contribution in [0, 0.1) is 6.92 Å². The number of carbonyl (C=O) groups excluding carboxylic acids is 2. The average molecular weight is 364 g/mol. The summed E-state index contributed by atoms with van der Waals surface area (Å²) in [5.74, 6) is -0.362. The fourth-order valence-corrected chi connectivity index (χ4v) is 3.26. The second-order valence-corrected chi connectivity index (χ2v) is 6.83. The van der Waals surface area contributed by atoms with E-state index >= 15 is 0 Å². The number of nitrogens with zero attached hydrogens (tertiary/aromatic N) is 1. The molecule has 1 saturated heterocycles. The first kappa shape index (κ1) is 16.1. The van der Waals surface area contributed by atoms with Crippen LogP contribution in [0.3, 0.4) is 0 Å². The minimum absolute atomic E-state index is 0.297. The molecule has 6 heteroatoms. The van der Waals surface area contributed by atoms with Crippen LogP contribution in [0.2, 0.25) is 10.0 Å². The number of aryl methyl sites for hydroxylation is 1. The zero-order chi connectivity index (χ0) is 16.6. The van der Waals surface area contributed by atoms with E-state index in [0.717, 1.165) is 27.8 Å². The van der Waals surface area contributed by atoms with Gasteiger partial charge in [-0.1, -0.05) is 53.0 Å². The van der Waals surface area contributed by atoms with E-state index in [1.54, 1.807) is 18.2 Å². The first-order valence-corrected chi connectivity index (χ1v) is 8.32. The highest BCUT2D eigenvalue weighted by atomic mass is 35.5. The van der Waals surface area contributed by atoms with Gasteiger partial charge >= 0.3 is 0 Å². The number of carbonyl (C=O) groups is 2. The summed E-state index contributed by atoms with van der Waals surface area (Å²) >= 11 is 12.7. The molecule has 1 fully saturated rings. The summed E-state index contributed by atoms with van der Waals surface area (Å²) in [6.45, 7) is 1.99. The van der Waals surface area contributed by atoms with Crippen LogP contribution in [0.5, 0.6) is 0 Å². The third-order valence-corrected chi connectivity index (χ3v) is 4.94. The van der Waals surface area contributed by atoms with Gasteiger partial charge in [-0.05, 0) is 48.5 Å². The molecule has 116 valence electrons. The van der Waals surface area contributed by atoms with E-state index in [2.05, 4.69) is 0 Å². The van der Waals surface area contributed by atoms with Gasteiger partial charge in [-0.25, -0.2) is 4.90 Å². The molecule has 0 spiro atoms. The Morgan fingerprint density at radius 1 is 1.00 bits per heavy atom. The molecular weight excluding hydrogens is 353 g/mol. The number of imide groups is 1. The van der Waals surface area contributed by atoms with Crippen LogP contribution in [0.1, 0.15) is 11.1 Å². The Labute approximate surface area is 147 Å². The maximum Gasteiger partial charge on any atom is 0.298 e. The SMILES string of the molecule is Cc1ccc(/C=C2\SC(=O)N(c3ccc(Cl)c(Cl)c3)C2=O)cc1. The molecule has 0 atom stereocenters. The maximum atomic E-state index is 12.5. The molecule has 23 heavy (non-hydrogen) atoms. The molecule has 3 nitrogen and oxygen atoms in total. The molecule has 2 aromatic rings. The summed E-state index contributed by atoms with van der Waals surface area (Å²) in [6, 6.07) is 12.4. The second-order valence-electron chi connectivity index (χ2n) is 5.03. The van der Waals surface area contributed by atoms with Gasteiger partial charge in [0.25, 0.3) is 11.1 Å². The molecule has 2 amide bonds. The van der Waals surface area contributed by atoms with Crippen LogP contribution in [-0.4, -0.2) is 11.1 Å². The molecule has 1 heterocycles. The van der Waals surface area contributed by atoms with Crippen LogP contribution in [-0.2, 0) is 4.79 Å². The summed E-state index contributed by atoms with van der Waals surface area (Å²) in [7, 11) is 0. The highest BCUT2D eigenvalue weighted by molar-refractivity contribution is 8.19.